The molecule has 1 aromatic carbocycles. The molecule has 0 aromatic heterocycles. The van der Waals surface area contributed by atoms with Gasteiger partial charge in [-0.2, -0.15) is 0 Å². The van der Waals surface area contributed by atoms with Crippen molar-refractivity contribution in [3.05, 3.63) is 18.2 Å². The van der Waals surface area contributed by atoms with Crippen LogP contribution < -0.4 is 31.6 Å². The van der Waals surface area contributed by atoms with E-state index < -0.39 is 0 Å². The van der Waals surface area contributed by atoms with Crippen LogP contribution >= 0.6 is 0 Å². The van der Waals surface area contributed by atoms with E-state index in [1.54, 1.807) is 6.07 Å². The van der Waals surface area contributed by atoms with Crippen LogP contribution in [-0.4, -0.2) is 29.8 Å². The predicted octanol–water partition coefficient (Wildman–Crippen LogP) is -2.89. The molecule has 5 heteroatoms. The van der Waals surface area contributed by atoms with E-state index in [4.69, 9.17) is 9.47 Å². The van der Waals surface area contributed by atoms with Crippen molar-refractivity contribution >= 4 is 23.1 Å². The molecule has 0 radical (unpaired) electrons. The zero-order chi connectivity index (χ0) is 6.97. The molecule has 0 saturated carbocycles. The number of rotatable bonds is 0. The van der Waals surface area contributed by atoms with Crippen LogP contribution in [0.15, 0.2) is 18.2 Å². The van der Waals surface area contributed by atoms with Gasteiger partial charge in [-0.15, -0.1) is 5.75 Å². The molecule has 0 saturated heterocycles. The number of hydrogen-bond donors (Lipinski definition) is 0. The monoisotopic (exact) mass is 240 g/mol. The topological polar surface area (TPSA) is 41.5 Å². The largest absolute Gasteiger partial charge is 2.00 e. The van der Waals surface area contributed by atoms with E-state index in [1.807, 2.05) is 0 Å². The van der Waals surface area contributed by atoms with Gasteiger partial charge in [0, 0.05) is 0 Å². The fourth-order valence-electron chi connectivity index (χ4n) is 0.877. The third-order valence-corrected chi connectivity index (χ3v) is 1.34. The minimum absolute atomic E-state index is 0. The number of halogens is 1. The summed E-state index contributed by atoms with van der Waals surface area (Å²) in [5, 5.41) is 10.7. The fraction of sp³-hybridized carbons (Fsp3) is 0.143. The van der Waals surface area contributed by atoms with E-state index in [0.717, 1.165) is 0 Å². The molecule has 0 fully saturated rings. The van der Waals surface area contributed by atoms with E-state index >= 15 is 0 Å². The van der Waals surface area contributed by atoms with Gasteiger partial charge in [0.25, 0.3) is 0 Å². The summed E-state index contributed by atoms with van der Waals surface area (Å²) in [5.41, 5.74) is 0. The maximum absolute atomic E-state index is 10.7. The van der Waals surface area contributed by atoms with Gasteiger partial charge < -0.3 is 31.6 Å². The van der Waals surface area contributed by atoms with Crippen LogP contribution in [0.1, 0.15) is 0 Å². The van der Waals surface area contributed by atoms with Gasteiger partial charge in [0.15, 0.2) is 11.5 Å². The second-order valence-electron chi connectivity index (χ2n) is 2.02. The van der Waals surface area contributed by atoms with Gasteiger partial charge >= 0.3 is 23.1 Å². The van der Waals surface area contributed by atoms with Crippen molar-refractivity contribution in [2.75, 3.05) is 6.79 Å². The second-order valence-corrected chi connectivity index (χ2v) is 2.02. The van der Waals surface area contributed by atoms with Gasteiger partial charge in [0.05, 0.1) is 0 Å². The van der Waals surface area contributed by atoms with Crippen LogP contribution in [0.2, 0.25) is 0 Å². The minimum atomic E-state index is -0.0516. The molecule has 0 N–H and O–H groups in total. The summed E-state index contributed by atoms with van der Waals surface area (Å²) in [6.45, 7) is 0.221. The van der Waals surface area contributed by atoms with Gasteiger partial charge in [0.2, 0.25) is 6.79 Å². The summed E-state index contributed by atoms with van der Waals surface area (Å²) in [6.07, 6.45) is 0. The van der Waals surface area contributed by atoms with Crippen LogP contribution in [0.4, 0.5) is 0 Å². The Bertz CT molecular complexity index is 267. The Morgan fingerprint density at radius 3 is 2.58 bits per heavy atom. The van der Waals surface area contributed by atoms with Crippen LogP contribution in [0.3, 0.4) is 0 Å². The van der Waals surface area contributed by atoms with Crippen molar-refractivity contribution in [1.29, 1.82) is 0 Å². The van der Waals surface area contributed by atoms with E-state index in [9.17, 15) is 5.11 Å². The molecule has 1 heterocycles. The molecule has 0 atom stereocenters. The molecule has 1 aromatic rings. The normalized spacial score (nSPS) is 11.3. The van der Waals surface area contributed by atoms with Gasteiger partial charge in [-0.25, -0.2) is 0 Å². The number of benzene rings is 1. The van der Waals surface area contributed by atoms with E-state index in [1.165, 1.54) is 12.1 Å². The standard InChI is InChI=1S/C7H6O3.BrH.Mg/c8-5-1-2-6-7(3-5)10-4-9-6;;/h1-3,8H,4H2;1H;/q;;+2/p-2. The first-order valence-corrected chi connectivity index (χ1v) is 2.93. The molecule has 0 unspecified atom stereocenters. The van der Waals surface area contributed by atoms with Crippen molar-refractivity contribution in [2.45, 2.75) is 0 Å². The summed E-state index contributed by atoms with van der Waals surface area (Å²) >= 11 is 0. The van der Waals surface area contributed by atoms with Crippen molar-refractivity contribution in [1.82, 2.24) is 0 Å². The Morgan fingerprint density at radius 1 is 1.17 bits per heavy atom. The Morgan fingerprint density at radius 2 is 1.83 bits per heavy atom. The first kappa shape index (κ1) is 11.9. The zero-order valence-electron chi connectivity index (χ0n) is 6.25. The van der Waals surface area contributed by atoms with Crippen LogP contribution in [0, 0.1) is 0 Å². The first-order valence-electron chi connectivity index (χ1n) is 2.93. The van der Waals surface area contributed by atoms with Crippen molar-refractivity contribution in [3.63, 3.8) is 0 Å². The average Bonchev–Trinajstić information content (AvgIpc) is 2.33. The van der Waals surface area contributed by atoms with Gasteiger partial charge in [-0.3, -0.25) is 0 Å². The Kier molecular flexibility index (Phi) is 4.73. The molecule has 3 nitrogen and oxygen atoms in total. The minimum Gasteiger partial charge on any atom is -1.00 e. The molecular weight excluding hydrogens is 236 g/mol. The molecule has 1 aliphatic rings. The predicted molar refractivity (Wildman–Crippen MR) is 37.8 cm³/mol. The summed E-state index contributed by atoms with van der Waals surface area (Å²) in [5.74, 6) is 1.15. The summed E-state index contributed by atoms with van der Waals surface area (Å²) in [4.78, 5) is 0. The molecule has 1 aliphatic heterocycles. The molecule has 0 bridgehead atoms. The van der Waals surface area contributed by atoms with Crippen molar-refractivity contribution in [3.8, 4) is 17.2 Å². The third kappa shape index (κ3) is 2.18. The number of fused-ring (bicyclic) bond motifs is 1. The third-order valence-electron chi connectivity index (χ3n) is 1.34. The Hall–Kier alpha value is -0.134. The zero-order valence-corrected chi connectivity index (χ0v) is 9.25. The summed E-state index contributed by atoms with van der Waals surface area (Å²) in [6, 6.07) is 4.49. The summed E-state index contributed by atoms with van der Waals surface area (Å²) in [7, 11) is 0. The fourth-order valence-corrected chi connectivity index (χ4v) is 0.877. The SMILES string of the molecule is [Br-].[Mg+2].[O-]c1ccc2c(c1)OCO2. The maximum atomic E-state index is 10.7. The maximum Gasteiger partial charge on any atom is 2.00 e. The Labute approximate surface area is 96.6 Å². The molecule has 2 rings (SSSR count). The average molecular weight is 241 g/mol. The molecule has 12 heavy (non-hydrogen) atoms. The molecule has 0 amide bonds. The van der Waals surface area contributed by atoms with Gasteiger partial charge in [-0.1, -0.05) is 6.07 Å². The Balaban J connectivity index is 0.000000605. The second kappa shape index (κ2) is 4.79. The van der Waals surface area contributed by atoms with E-state index in [0.29, 0.717) is 11.5 Å². The van der Waals surface area contributed by atoms with Gasteiger partial charge in [0.1, 0.15) is 0 Å². The molecule has 60 valence electrons. The van der Waals surface area contributed by atoms with E-state index in [-0.39, 0.29) is 52.6 Å². The van der Waals surface area contributed by atoms with Gasteiger partial charge in [-0.05, 0) is 12.1 Å². The molecular formula is C7H5BrMgO3. The molecule has 0 spiro atoms. The summed E-state index contributed by atoms with van der Waals surface area (Å²) < 4.78 is 9.95. The molecule has 0 aliphatic carbocycles. The van der Waals surface area contributed by atoms with Crippen LogP contribution in [0.25, 0.3) is 0 Å². The van der Waals surface area contributed by atoms with Crippen molar-refractivity contribution < 1.29 is 31.6 Å². The number of hydrogen-bond acceptors (Lipinski definition) is 3. The van der Waals surface area contributed by atoms with Crippen LogP contribution in [0.5, 0.6) is 17.2 Å². The first-order chi connectivity index (χ1) is 4.86. The quantitative estimate of drug-likeness (QED) is 0.458. The van der Waals surface area contributed by atoms with Crippen molar-refractivity contribution in [2.24, 2.45) is 0 Å². The van der Waals surface area contributed by atoms with E-state index in [2.05, 4.69) is 0 Å². The number of ether oxygens (including phenoxy) is 2. The van der Waals surface area contributed by atoms with Crippen LogP contribution in [-0.2, 0) is 0 Å². The smallest absolute Gasteiger partial charge is 1.00 e.